The van der Waals surface area contributed by atoms with Gasteiger partial charge >= 0.3 is 0 Å². The molecule has 31 heavy (non-hydrogen) atoms. The van der Waals surface area contributed by atoms with E-state index in [1.54, 1.807) is 35.2 Å². The van der Waals surface area contributed by atoms with Crippen LogP contribution in [-0.2, 0) is 11.2 Å². The maximum absolute atomic E-state index is 12.7. The molecule has 2 heterocycles. The van der Waals surface area contributed by atoms with Gasteiger partial charge in [0.05, 0.1) is 20.9 Å². The molecule has 0 saturated heterocycles. The summed E-state index contributed by atoms with van der Waals surface area (Å²) in [7, 11) is 0. The molecule has 0 unspecified atom stereocenters. The molecule has 4 aromatic rings. The van der Waals surface area contributed by atoms with E-state index in [9.17, 15) is 9.59 Å². The van der Waals surface area contributed by atoms with Gasteiger partial charge in [0.1, 0.15) is 0 Å². The average molecular weight is 446 g/mol. The van der Waals surface area contributed by atoms with E-state index >= 15 is 0 Å². The van der Waals surface area contributed by atoms with Crippen LogP contribution in [0.25, 0.3) is 10.2 Å². The van der Waals surface area contributed by atoms with E-state index in [0.29, 0.717) is 17.7 Å². The van der Waals surface area contributed by atoms with Crippen molar-refractivity contribution >= 4 is 56.5 Å². The predicted octanol–water partition coefficient (Wildman–Crippen LogP) is 5.57. The Morgan fingerprint density at radius 3 is 2.74 bits per heavy atom. The zero-order valence-corrected chi connectivity index (χ0v) is 18.2. The Kier molecular flexibility index (Phi) is 5.44. The second-order valence-electron chi connectivity index (χ2n) is 7.26. The monoisotopic (exact) mass is 445 g/mol. The first kappa shape index (κ1) is 19.8. The van der Waals surface area contributed by atoms with E-state index in [1.807, 2.05) is 48.5 Å². The summed E-state index contributed by atoms with van der Waals surface area (Å²) in [5.41, 5.74) is 4.11. The minimum atomic E-state index is -0.204. The highest BCUT2D eigenvalue weighted by molar-refractivity contribution is 7.99. The Morgan fingerprint density at radius 2 is 1.90 bits per heavy atom. The van der Waals surface area contributed by atoms with Crippen LogP contribution in [0.5, 0.6) is 0 Å². The van der Waals surface area contributed by atoms with Crippen LogP contribution in [0.4, 0.5) is 11.4 Å². The minimum absolute atomic E-state index is 0.0208. The minimum Gasteiger partial charge on any atom is -0.325 e. The fourth-order valence-electron chi connectivity index (χ4n) is 3.44. The van der Waals surface area contributed by atoms with Crippen molar-refractivity contribution in [2.45, 2.75) is 17.7 Å². The van der Waals surface area contributed by atoms with Gasteiger partial charge in [-0.25, -0.2) is 4.98 Å². The maximum atomic E-state index is 12.7. The van der Waals surface area contributed by atoms with Gasteiger partial charge in [-0.1, -0.05) is 24.3 Å². The lowest BCUT2D eigenvalue weighted by atomic mass is 10.1. The van der Waals surface area contributed by atoms with E-state index in [1.165, 1.54) is 4.70 Å². The predicted molar refractivity (Wildman–Crippen MR) is 127 cm³/mol. The van der Waals surface area contributed by atoms with Crippen LogP contribution in [0, 0.1) is 0 Å². The summed E-state index contributed by atoms with van der Waals surface area (Å²) in [6.07, 6.45) is 1.24. The molecule has 7 heteroatoms. The van der Waals surface area contributed by atoms with Crippen molar-refractivity contribution in [1.82, 2.24) is 4.98 Å². The van der Waals surface area contributed by atoms with Crippen molar-refractivity contribution in [3.8, 4) is 0 Å². The third-order valence-corrected chi connectivity index (χ3v) is 7.12. The number of hydrogen-bond donors (Lipinski definition) is 2. The fourth-order valence-corrected chi connectivity index (χ4v) is 5.38. The maximum Gasteiger partial charge on any atom is 0.255 e. The highest BCUT2D eigenvalue weighted by Crippen LogP contribution is 2.31. The van der Waals surface area contributed by atoms with E-state index in [2.05, 4.69) is 21.7 Å². The topological polar surface area (TPSA) is 71.1 Å². The van der Waals surface area contributed by atoms with Gasteiger partial charge in [0, 0.05) is 34.7 Å². The van der Waals surface area contributed by atoms with Crippen molar-refractivity contribution in [2.24, 2.45) is 0 Å². The molecule has 1 aliphatic rings. The van der Waals surface area contributed by atoms with E-state index in [-0.39, 0.29) is 11.8 Å². The summed E-state index contributed by atoms with van der Waals surface area (Å²) in [4.78, 5) is 30.2. The number of rotatable bonds is 4. The summed E-state index contributed by atoms with van der Waals surface area (Å²) >= 11 is 3.33. The highest BCUT2D eigenvalue weighted by Gasteiger charge is 2.16. The van der Waals surface area contributed by atoms with Crippen molar-refractivity contribution in [3.63, 3.8) is 0 Å². The zero-order chi connectivity index (χ0) is 21.2. The summed E-state index contributed by atoms with van der Waals surface area (Å²) in [6, 6.07) is 21.4. The summed E-state index contributed by atoms with van der Waals surface area (Å²) in [5.74, 6) is 0.519. The normalized spacial score (nSPS) is 13.4. The number of nitrogens with one attached hydrogen (secondary N) is 2. The second kappa shape index (κ2) is 8.53. The largest absolute Gasteiger partial charge is 0.325 e. The smallest absolute Gasteiger partial charge is 0.255 e. The Bertz CT molecular complexity index is 1250. The number of aromatic nitrogens is 1. The molecule has 0 fully saturated rings. The standard InChI is InChI=1S/C24H19N3O2S2/c28-22-11-12-30-20-10-7-16(14-19(20)26-22)24(29)25-17-8-5-15(6-9-17)13-23-27-18-3-1-2-4-21(18)31-23/h1-10,14H,11-13H2,(H,25,29)(H,26,28). The SMILES string of the molecule is O=C1CCSc2ccc(C(=O)Nc3ccc(Cc4nc5ccccc5s4)cc3)cc2N1. The third kappa shape index (κ3) is 4.47. The molecule has 0 saturated carbocycles. The van der Waals surface area contributed by atoms with Gasteiger partial charge < -0.3 is 10.6 Å². The van der Waals surface area contributed by atoms with Gasteiger partial charge in [0.2, 0.25) is 5.91 Å². The number of amides is 2. The van der Waals surface area contributed by atoms with E-state index in [4.69, 9.17) is 0 Å². The van der Waals surface area contributed by atoms with Crippen molar-refractivity contribution in [1.29, 1.82) is 0 Å². The first-order chi connectivity index (χ1) is 15.1. The number of hydrogen-bond acceptors (Lipinski definition) is 5. The molecule has 2 amide bonds. The third-order valence-electron chi connectivity index (χ3n) is 5.01. The lowest BCUT2D eigenvalue weighted by Crippen LogP contribution is -2.14. The molecule has 2 N–H and O–H groups in total. The molecular formula is C24H19N3O2S2. The van der Waals surface area contributed by atoms with Gasteiger partial charge in [-0.15, -0.1) is 23.1 Å². The molecule has 1 aromatic heterocycles. The molecule has 0 aliphatic carbocycles. The van der Waals surface area contributed by atoms with Crippen molar-refractivity contribution in [3.05, 3.63) is 82.9 Å². The van der Waals surface area contributed by atoms with Gasteiger partial charge in [-0.2, -0.15) is 0 Å². The summed E-state index contributed by atoms with van der Waals surface area (Å²) in [6.45, 7) is 0. The first-order valence-electron chi connectivity index (χ1n) is 9.95. The van der Waals surface area contributed by atoms with Crippen LogP contribution < -0.4 is 10.6 Å². The van der Waals surface area contributed by atoms with Crippen LogP contribution >= 0.6 is 23.1 Å². The first-order valence-corrected chi connectivity index (χ1v) is 11.8. The molecule has 1 aliphatic heterocycles. The Morgan fingerprint density at radius 1 is 1.06 bits per heavy atom. The Labute approximate surface area is 187 Å². The molecule has 154 valence electrons. The molecule has 5 nitrogen and oxygen atoms in total. The lowest BCUT2D eigenvalue weighted by molar-refractivity contribution is -0.115. The van der Waals surface area contributed by atoms with Gasteiger partial charge in [0.15, 0.2) is 0 Å². The van der Waals surface area contributed by atoms with Crippen LogP contribution in [0.2, 0.25) is 0 Å². The number of benzene rings is 3. The lowest BCUT2D eigenvalue weighted by Gasteiger charge is -2.10. The number of anilines is 2. The highest BCUT2D eigenvalue weighted by atomic mass is 32.2. The number of para-hydroxylation sites is 1. The molecule has 0 atom stereocenters. The van der Waals surface area contributed by atoms with Crippen LogP contribution in [-0.4, -0.2) is 22.6 Å². The molecule has 0 bridgehead atoms. The Balaban J connectivity index is 1.27. The number of nitrogens with zero attached hydrogens (tertiary/aromatic N) is 1. The summed E-state index contributed by atoms with van der Waals surface area (Å²) < 4.78 is 1.19. The average Bonchev–Trinajstić information content (AvgIpc) is 3.08. The van der Waals surface area contributed by atoms with Gasteiger partial charge in [0.25, 0.3) is 5.91 Å². The molecule has 3 aromatic carbocycles. The number of thiazole rings is 1. The van der Waals surface area contributed by atoms with Crippen molar-refractivity contribution < 1.29 is 9.59 Å². The summed E-state index contributed by atoms with van der Waals surface area (Å²) in [5, 5.41) is 6.88. The van der Waals surface area contributed by atoms with E-state index in [0.717, 1.165) is 38.8 Å². The van der Waals surface area contributed by atoms with Crippen molar-refractivity contribution in [2.75, 3.05) is 16.4 Å². The van der Waals surface area contributed by atoms with Crippen LogP contribution in [0.15, 0.2) is 71.6 Å². The van der Waals surface area contributed by atoms with Crippen LogP contribution in [0.3, 0.4) is 0 Å². The van der Waals surface area contributed by atoms with E-state index < -0.39 is 0 Å². The number of carbonyl (C=O) groups is 2. The molecular weight excluding hydrogens is 426 g/mol. The molecule has 0 spiro atoms. The number of carbonyl (C=O) groups excluding carboxylic acids is 2. The second-order valence-corrected chi connectivity index (χ2v) is 9.51. The van der Waals surface area contributed by atoms with Gasteiger partial charge in [-0.3, -0.25) is 9.59 Å². The number of thioether (sulfide) groups is 1. The molecule has 0 radical (unpaired) electrons. The quantitative estimate of drug-likeness (QED) is 0.431. The number of fused-ring (bicyclic) bond motifs is 2. The zero-order valence-electron chi connectivity index (χ0n) is 16.6. The van der Waals surface area contributed by atoms with Crippen LogP contribution in [0.1, 0.15) is 27.3 Å². The van der Waals surface area contributed by atoms with Gasteiger partial charge in [-0.05, 0) is 48.0 Å². The Hall–Kier alpha value is -3.16. The molecule has 5 rings (SSSR count). The fraction of sp³-hybridized carbons (Fsp3) is 0.125.